The van der Waals surface area contributed by atoms with Crippen LogP contribution in [0.3, 0.4) is 0 Å². The van der Waals surface area contributed by atoms with Gasteiger partial charge in [-0.2, -0.15) is 0 Å². The minimum absolute atomic E-state index is 0.00730. The average molecular weight is 1630 g/mol. The van der Waals surface area contributed by atoms with Crippen LogP contribution in [-0.2, 0) is 9.13 Å². The predicted molar refractivity (Wildman–Crippen MR) is 416 cm³/mol. The third-order valence-corrected chi connectivity index (χ3v) is 18.2. The number of phosphoric acid groups is 1. The first kappa shape index (κ1) is 82.1. The number of aromatic hydroxyl groups is 15. The second-order valence-electron chi connectivity index (χ2n) is 25.7. The molecule has 596 valence electrons. The van der Waals surface area contributed by atoms with E-state index in [1.165, 1.54) is 91.9 Å². The summed E-state index contributed by atoms with van der Waals surface area (Å²) in [5.74, 6) is -5.44. The predicted octanol–water partition coefficient (Wildman–Crippen LogP) is 12.8. The Kier molecular flexibility index (Phi) is 23.0. The number of phenolic OH excluding ortho intramolecular Hbond substituents is 12. The standard InChI is InChI=1S/C17H15O8P.C16H13O9P.C16H12O6.2C16H12O5/c1-9-2-3-10(6-13(9)19)16-17(24-8-26(21,22)23)15(20)12-5-4-11(18)7-14(12)25-16;1-7-2-3-8(4-11(7)25-26(21,22)23)16-15(20)14(19)13-10(18)5-9(17)6-12(13)24-16;1-7-2-3-8(4-10(7)18)16-15(21)14(20)13-11(19)5-9(17)6-12(13)22-16;1-8-2-3-9(4-11(8)18)14-7-13(20)16-12(19)5-10(17)6-15(16)21-14;1-8-2-3-9(6-12(8)18)16-15(20)14(19)11-5-4-10(17)7-13(11)21-16/h2-7,18-19H,8H2,1H3,(H2,21,22,23);2-6,17-18,20H,1H3,(H2,21,22,23);2-6,17-19,21H,1H3;2-7,17-19H,1H3;2-7,17-18,20H,1H3/p-1. The van der Waals surface area contributed by atoms with E-state index in [9.17, 15) is 115 Å². The van der Waals surface area contributed by atoms with Crippen molar-refractivity contribution in [3.63, 3.8) is 0 Å². The second kappa shape index (κ2) is 32.5. The molecule has 0 bridgehead atoms. The molecule has 33 nitrogen and oxygen atoms in total. The minimum atomic E-state index is -5.07. The van der Waals surface area contributed by atoms with E-state index in [1.54, 1.807) is 76.2 Å². The largest absolute Gasteiger partial charge is 0.746 e. The van der Waals surface area contributed by atoms with Gasteiger partial charge < -0.3 is 128 Å². The maximum Gasteiger partial charge on any atom is 0.362 e. The average Bonchev–Trinajstić information content (AvgIpc) is 0.819. The molecule has 0 fully saturated rings. The van der Waals surface area contributed by atoms with Crippen molar-refractivity contribution < 1.29 is 137 Å². The van der Waals surface area contributed by atoms with Crippen molar-refractivity contribution in [1.82, 2.24) is 0 Å². The van der Waals surface area contributed by atoms with E-state index in [0.717, 1.165) is 36.4 Å². The van der Waals surface area contributed by atoms with Crippen LogP contribution >= 0.6 is 15.4 Å². The highest BCUT2D eigenvalue weighted by atomic mass is 31.2. The number of hydrogen-bond acceptors (Lipinski definition) is 30. The molecule has 1 unspecified atom stereocenters. The highest BCUT2D eigenvalue weighted by molar-refractivity contribution is 7.51. The van der Waals surface area contributed by atoms with Gasteiger partial charge in [0.2, 0.25) is 44.7 Å². The first-order valence-corrected chi connectivity index (χ1v) is 36.8. The monoisotopic (exact) mass is 1630 g/mol. The van der Waals surface area contributed by atoms with Crippen LogP contribution in [0.25, 0.3) is 111 Å². The summed E-state index contributed by atoms with van der Waals surface area (Å²) in [5.41, 5.74) is 1.07. The lowest BCUT2D eigenvalue weighted by Crippen LogP contribution is -2.11. The summed E-state index contributed by atoms with van der Waals surface area (Å²) < 4.78 is 59.2. The minimum Gasteiger partial charge on any atom is -0.746 e. The van der Waals surface area contributed by atoms with Crippen molar-refractivity contribution in [1.29, 1.82) is 0 Å². The van der Waals surface area contributed by atoms with Crippen LogP contribution in [0.5, 0.6) is 97.7 Å². The number of hydrogen-bond donors (Lipinski definition) is 18. The molecular formula is C81H63O33P2-. The molecule has 5 aromatic heterocycles. The topological polar surface area (TPSA) is 591 Å². The van der Waals surface area contributed by atoms with Crippen molar-refractivity contribution in [2.45, 2.75) is 34.6 Å². The van der Waals surface area contributed by atoms with Gasteiger partial charge in [-0.15, -0.1) is 0 Å². The Hall–Kier alpha value is -14.9. The SMILES string of the molecule is Cc1ccc(-c2cc(=O)c3c(O)cc(O)cc3o2)cc1O.Cc1ccc(-c2oc3cc(O)cc(O)c3c(=O)c2O)cc1O.Cc1ccc(-c2oc3cc(O)cc(O)c3c(=O)c2O)cc1OP(=O)([O-])O.Cc1ccc(-c2oc3cc(O)ccc3c(=O)c2O)cc1O.Cc1ccc(-c2oc3cc(O)ccc3c(=O)c2OCP(=O)(O)O)cc1O. The zero-order valence-electron chi connectivity index (χ0n) is 60.4. The molecule has 15 rings (SSSR count). The van der Waals surface area contributed by atoms with E-state index in [0.29, 0.717) is 44.5 Å². The van der Waals surface area contributed by atoms with Crippen LogP contribution in [0.4, 0.5) is 0 Å². The summed E-state index contributed by atoms with van der Waals surface area (Å²) in [6.07, 6.45) is -1.01. The summed E-state index contributed by atoms with van der Waals surface area (Å²) in [5, 5.41) is 146. The molecular weight excluding hydrogens is 1560 g/mol. The van der Waals surface area contributed by atoms with Crippen LogP contribution in [0.15, 0.2) is 216 Å². The van der Waals surface area contributed by atoms with Gasteiger partial charge in [0.15, 0.2) is 34.8 Å². The summed E-state index contributed by atoms with van der Waals surface area (Å²) in [7, 11) is -9.61. The van der Waals surface area contributed by atoms with Gasteiger partial charge in [-0.05, 0) is 117 Å². The van der Waals surface area contributed by atoms with Gasteiger partial charge in [-0.25, -0.2) is 0 Å². The molecule has 35 heteroatoms. The molecule has 10 aromatic carbocycles. The maximum atomic E-state index is 12.7. The van der Waals surface area contributed by atoms with Crippen LogP contribution in [0.2, 0.25) is 0 Å². The quantitative estimate of drug-likeness (QED) is 0.0565. The van der Waals surface area contributed by atoms with E-state index < -0.39 is 83.4 Å². The number of rotatable bonds is 10. The van der Waals surface area contributed by atoms with E-state index in [2.05, 4.69) is 4.52 Å². The van der Waals surface area contributed by atoms with E-state index in [1.807, 2.05) is 0 Å². The van der Waals surface area contributed by atoms with Gasteiger partial charge >= 0.3 is 15.4 Å². The maximum absolute atomic E-state index is 12.7. The van der Waals surface area contributed by atoms with Crippen LogP contribution in [0, 0.1) is 34.6 Å². The molecule has 0 amide bonds. The first-order valence-electron chi connectivity index (χ1n) is 33.5. The molecule has 0 aliphatic rings. The van der Waals surface area contributed by atoms with Crippen molar-refractivity contribution in [3.8, 4) is 154 Å². The number of ether oxygens (including phenoxy) is 1. The normalized spacial score (nSPS) is 11.7. The molecule has 0 saturated heterocycles. The molecule has 0 aliphatic heterocycles. The summed E-state index contributed by atoms with van der Waals surface area (Å²) in [6, 6.07) is 38.1. The number of phosphoric ester groups is 1. The van der Waals surface area contributed by atoms with Gasteiger partial charge in [-0.3, -0.25) is 33.1 Å². The summed E-state index contributed by atoms with van der Waals surface area (Å²) >= 11 is 0. The van der Waals surface area contributed by atoms with Crippen LogP contribution in [0.1, 0.15) is 27.8 Å². The van der Waals surface area contributed by atoms with Crippen LogP contribution in [-0.4, -0.2) is 97.6 Å². The molecule has 18 N–H and O–H groups in total. The van der Waals surface area contributed by atoms with Gasteiger partial charge in [0.25, 0.3) is 0 Å². The van der Waals surface area contributed by atoms with Gasteiger partial charge in [0.1, 0.15) is 125 Å². The third kappa shape index (κ3) is 17.9. The molecule has 5 heterocycles. The first-order chi connectivity index (χ1) is 54.5. The van der Waals surface area contributed by atoms with E-state index in [4.69, 9.17) is 41.5 Å². The highest BCUT2D eigenvalue weighted by Gasteiger charge is 2.26. The van der Waals surface area contributed by atoms with Crippen molar-refractivity contribution in [2.24, 2.45) is 0 Å². The third-order valence-electron chi connectivity index (χ3n) is 17.3. The Morgan fingerprint density at radius 2 is 0.664 bits per heavy atom. The zero-order chi connectivity index (χ0) is 84.6. The Morgan fingerprint density at radius 1 is 0.328 bits per heavy atom. The lowest BCUT2D eigenvalue weighted by molar-refractivity contribution is -0.211. The number of phenols is 12. The molecule has 116 heavy (non-hydrogen) atoms. The summed E-state index contributed by atoms with van der Waals surface area (Å²) in [6.45, 7) is 8.38. The second-order valence-corrected chi connectivity index (χ2v) is 28.5. The Labute approximate surface area is 648 Å². The van der Waals surface area contributed by atoms with Gasteiger partial charge in [0, 0.05) is 82.4 Å². The fraction of sp³-hybridized carbons (Fsp3) is 0.0741. The molecule has 0 saturated carbocycles. The Morgan fingerprint density at radius 3 is 1.08 bits per heavy atom. The zero-order valence-corrected chi connectivity index (χ0v) is 62.2. The lowest BCUT2D eigenvalue weighted by atomic mass is 10.1. The fourth-order valence-corrected chi connectivity index (χ4v) is 12.1. The van der Waals surface area contributed by atoms with Crippen LogP contribution < -0.4 is 41.3 Å². The molecule has 0 spiro atoms. The highest BCUT2D eigenvalue weighted by Crippen LogP contribution is 2.44. The van der Waals surface area contributed by atoms with Crippen molar-refractivity contribution >= 4 is 70.3 Å². The van der Waals surface area contributed by atoms with E-state index in [-0.39, 0.29) is 158 Å². The number of benzene rings is 10. The lowest BCUT2D eigenvalue weighted by Gasteiger charge is -2.18. The molecule has 15 aromatic rings. The number of aryl methyl sites for hydroxylation is 5. The van der Waals surface area contributed by atoms with E-state index >= 15 is 0 Å². The molecule has 1 atom stereocenters. The number of fused-ring (bicyclic) bond motifs is 5. The molecule has 0 radical (unpaired) electrons. The Balaban J connectivity index is 0.000000143. The van der Waals surface area contributed by atoms with Crippen molar-refractivity contribution in [2.75, 3.05) is 6.35 Å². The molecule has 0 aliphatic carbocycles. The Bertz CT molecular complexity index is 6900. The van der Waals surface area contributed by atoms with Gasteiger partial charge in [0.05, 0.1) is 10.8 Å². The summed E-state index contributed by atoms with van der Waals surface area (Å²) in [4.78, 5) is 99.4. The fourth-order valence-electron chi connectivity index (χ4n) is 11.3. The smallest absolute Gasteiger partial charge is 0.362 e. The van der Waals surface area contributed by atoms with Crippen molar-refractivity contribution in [3.05, 3.63) is 249 Å². The van der Waals surface area contributed by atoms with Gasteiger partial charge in [-0.1, -0.05) is 60.7 Å².